The van der Waals surface area contributed by atoms with Gasteiger partial charge in [-0.15, -0.1) is 11.6 Å². The van der Waals surface area contributed by atoms with Crippen LogP contribution in [-0.2, 0) is 6.42 Å². The molecule has 1 fully saturated rings. The van der Waals surface area contributed by atoms with Crippen molar-refractivity contribution in [3.63, 3.8) is 0 Å². The lowest BCUT2D eigenvalue weighted by Gasteiger charge is -2.33. The fourth-order valence-corrected chi connectivity index (χ4v) is 3.76. The summed E-state index contributed by atoms with van der Waals surface area (Å²) in [5.41, 5.74) is 1.06. The molecule has 112 valence electrons. The second-order valence-corrected chi connectivity index (χ2v) is 6.99. The highest BCUT2D eigenvalue weighted by Gasteiger charge is 2.43. The third-order valence-corrected chi connectivity index (χ3v) is 5.01. The molecule has 0 bridgehead atoms. The van der Waals surface area contributed by atoms with Gasteiger partial charge in [-0.2, -0.15) is 13.2 Å². The van der Waals surface area contributed by atoms with Crippen LogP contribution >= 0.6 is 27.5 Å². The lowest BCUT2D eigenvalue weighted by atomic mass is 9.78. The molecule has 3 atom stereocenters. The van der Waals surface area contributed by atoms with Gasteiger partial charge in [-0.05, 0) is 49.3 Å². The first-order valence-electron chi connectivity index (χ1n) is 6.81. The largest absolute Gasteiger partial charge is 0.391 e. The fourth-order valence-electron chi connectivity index (χ4n) is 2.91. The van der Waals surface area contributed by atoms with Gasteiger partial charge >= 0.3 is 6.18 Å². The minimum atomic E-state index is -4.08. The summed E-state index contributed by atoms with van der Waals surface area (Å²) >= 11 is 9.77. The highest BCUT2D eigenvalue weighted by molar-refractivity contribution is 9.10. The van der Waals surface area contributed by atoms with E-state index in [0.29, 0.717) is 12.8 Å². The maximum Gasteiger partial charge on any atom is 0.391 e. The van der Waals surface area contributed by atoms with E-state index in [1.165, 1.54) is 0 Å². The Morgan fingerprint density at radius 2 is 2.05 bits per heavy atom. The summed E-state index contributed by atoms with van der Waals surface area (Å²) < 4.78 is 39.4. The lowest BCUT2D eigenvalue weighted by Crippen LogP contribution is -2.32. The monoisotopic (exact) mass is 368 g/mol. The van der Waals surface area contributed by atoms with E-state index >= 15 is 0 Å². The van der Waals surface area contributed by atoms with Crippen molar-refractivity contribution in [2.75, 3.05) is 0 Å². The van der Waals surface area contributed by atoms with Crippen molar-refractivity contribution in [3.8, 4) is 0 Å². The third kappa shape index (κ3) is 4.39. The molecule has 0 radical (unpaired) electrons. The molecule has 0 N–H and O–H groups in total. The molecule has 0 aromatic heterocycles. The van der Waals surface area contributed by atoms with Gasteiger partial charge in [0.05, 0.1) is 5.92 Å². The minimum Gasteiger partial charge on any atom is -0.171 e. The molecule has 2 rings (SSSR count). The number of benzene rings is 1. The van der Waals surface area contributed by atoms with Crippen LogP contribution in [0.1, 0.15) is 31.2 Å². The first-order chi connectivity index (χ1) is 9.36. The van der Waals surface area contributed by atoms with E-state index in [0.717, 1.165) is 16.5 Å². The Bertz CT molecular complexity index is 447. The van der Waals surface area contributed by atoms with Crippen molar-refractivity contribution >= 4 is 27.5 Å². The van der Waals surface area contributed by atoms with Crippen molar-refractivity contribution in [2.45, 2.75) is 43.7 Å². The van der Waals surface area contributed by atoms with E-state index in [1.807, 2.05) is 24.3 Å². The zero-order valence-electron chi connectivity index (χ0n) is 11.0. The Morgan fingerprint density at radius 1 is 1.30 bits per heavy atom. The smallest absolute Gasteiger partial charge is 0.171 e. The molecule has 5 heteroatoms. The van der Waals surface area contributed by atoms with Gasteiger partial charge < -0.3 is 0 Å². The molecule has 0 heterocycles. The Morgan fingerprint density at radius 3 is 2.70 bits per heavy atom. The van der Waals surface area contributed by atoms with Crippen molar-refractivity contribution in [1.82, 2.24) is 0 Å². The molecule has 1 aromatic rings. The van der Waals surface area contributed by atoms with Crippen LogP contribution < -0.4 is 0 Å². The van der Waals surface area contributed by atoms with Crippen molar-refractivity contribution < 1.29 is 13.2 Å². The van der Waals surface area contributed by atoms with E-state index in [2.05, 4.69) is 15.9 Å². The maximum absolute atomic E-state index is 12.8. The summed E-state index contributed by atoms with van der Waals surface area (Å²) in [4.78, 5) is 0. The first-order valence-corrected chi connectivity index (χ1v) is 8.04. The SMILES string of the molecule is FC(F)(F)C1CCCC(C(Cl)Cc2cccc(Br)c2)C1. The average Bonchev–Trinajstić information content (AvgIpc) is 2.38. The Kier molecular flexibility index (Phi) is 5.41. The van der Waals surface area contributed by atoms with Crippen LogP contribution in [0.25, 0.3) is 0 Å². The predicted octanol–water partition coefficient (Wildman–Crippen LogP) is 5.97. The van der Waals surface area contributed by atoms with E-state index in [4.69, 9.17) is 11.6 Å². The van der Waals surface area contributed by atoms with E-state index in [1.54, 1.807) is 0 Å². The quantitative estimate of drug-likeness (QED) is 0.576. The molecule has 1 aliphatic carbocycles. The van der Waals surface area contributed by atoms with E-state index < -0.39 is 12.1 Å². The van der Waals surface area contributed by atoms with Gasteiger partial charge in [0.2, 0.25) is 0 Å². The summed E-state index contributed by atoms with van der Waals surface area (Å²) in [5, 5.41) is -0.227. The van der Waals surface area contributed by atoms with E-state index in [-0.39, 0.29) is 24.1 Å². The molecule has 0 aliphatic heterocycles. The minimum absolute atomic E-state index is 0.0453. The first kappa shape index (κ1) is 16.2. The highest BCUT2D eigenvalue weighted by Crippen LogP contribution is 2.42. The summed E-state index contributed by atoms with van der Waals surface area (Å²) in [5.74, 6) is -1.22. The molecule has 0 spiro atoms. The topological polar surface area (TPSA) is 0 Å². The third-order valence-electron chi connectivity index (χ3n) is 4.01. The predicted molar refractivity (Wildman–Crippen MR) is 79.0 cm³/mol. The molecular formula is C15H17BrClF3. The van der Waals surface area contributed by atoms with Gasteiger partial charge in [-0.3, -0.25) is 0 Å². The summed E-state index contributed by atoms with van der Waals surface area (Å²) in [6.45, 7) is 0. The van der Waals surface area contributed by atoms with Crippen molar-refractivity contribution in [1.29, 1.82) is 0 Å². The van der Waals surface area contributed by atoms with Crippen LogP contribution in [-0.4, -0.2) is 11.6 Å². The molecule has 1 aliphatic rings. The van der Waals surface area contributed by atoms with Crippen LogP contribution in [0.5, 0.6) is 0 Å². The van der Waals surface area contributed by atoms with Crippen LogP contribution in [0.15, 0.2) is 28.7 Å². The average molecular weight is 370 g/mol. The highest BCUT2D eigenvalue weighted by atomic mass is 79.9. The molecule has 1 aromatic carbocycles. The summed E-state index contributed by atoms with van der Waals surface area (Å²) in [7, 11) is 0. The molecule has 0 amide bonds. The zero-order chi connectivity index (χ0) is 14.8. The number of hydrogen-bond donors (Lipinski definition) is 0. The van der Waals surface area contributed by atoms with Crippen molar-refractivity contribution in [3.05, 3.63) is 34.3 Å². The summed E-state index contributed by atoms with van der Waals surface area (Å²) in [6, 6.07) is 7.78. The molecule has 0 nitrogen and oxygen atoms in total. The number of halogens is 5. The Hall–Kier alpha value is -0.220. The van der Waals surface area contributed by atoms with Gasteiger partial charge in [0.25, 0.3) is 0 Å². The standard InChI is InChI=1S/C15H17BrClF3/c16-13-6-1-3-10(7-13)8-14(17)11-4-2-5-12(9-11)15(18,19)20/h1,3,6-7,11-12,14H,2,4-5,8-9H2. The van der Waals surface area contributed by atoms with Gasteiger partial charge in [0.15, 0.2) is 0 Å². The van der Waals surface area contributed by atoms with Crippen molar-refractivity contribution in [2.24, 2.45) is 11.8 Å². The summed E-state index contributed by atoms with van der Waals surface area (Å²) in [6.07, 6.45) is -1.61. The molecule has 0 saturated heterocycles. The molecule has 1 saturated carbocycles. The Balaban J connectivity index is 1.97. The van der Waals surface area contributed by atoms with Gasteiger partial charge in [-0.1, -0.05) is 34.5 Å². The van der Waals surface area contributed by atoms with Gasteiger partial charge in [-0.25, -0.2) is 0 Å². The lowest BCUT2D eigenvalue weighted by molar-refractivity contribution is -0.185. The second-order valence-electron chi connectivity index (χ2n) is 5.52. The molecule has 3 unspecified atom stereocenters. The Labute approximate surface area is 130 Å². The van der Waals surface area contributed by atoms with E-state index in [9.17, 15) is 13.2 Å². The normalized spacial score (nSPS) is 25.4. The van der Waals surface area contributed by atoms with Crippen LogP contribution in [0, 0.1) is 11.8 Å². The van der Waals surface area contributed by atoms with Crippen LogP contribution in [0.4, 0.5) is 13.2 Å². The number of alkyl halides is 4. The van der Waals surface area contributed by atoms with Gasteiger partial charge in [0, 0.05) is 9.85 Å². The van der Waals surface area contributed by atoms with Crippen LogP contribution in [0.3, 0.4) is 0 Å². The van der Waals surface area contributed by atoms with Gasteiger partial charge in [0.1, 0.15) is 0 Å². The van der Waals surface area contributed by atoms with Crippen LogP contribution in [0.2, 0.25) is 0 Å². The molecular weight excluding hydrogens is 353 g/mol. The second kappa shape index (κ2) is 6.69. The number of hydrogen-bond acceptors (Lipinski definition) is 0. The molecule has 20 heavy (non-hydrogen) atoms. The fraction of sp³-hybridized carbons (Fsp3) is 0.600. The zero-order valence-corrected chi connectivity index (χ0v) is 13.3. The number of rotatable bonds is 3. The maximum atomic E-state index is 12.8.